The van der Waals surface area contributed by atoms with E-state index >= 15 is 0 Å². The molecule has 0 bridgehead atoms. The average Bonchev–Trinajstić information content (AvgIpc) is 3.06. The van der Waals surface area contributed by atoms with E-state index in [4.69, 9.17) is 0 Å². The summed E-state index contributed by atoms with van der Waals surface area (Å²) in [4.78, 5) is 21.6. The van der Waals surface area contributed by atoms with Crippen molar-refractivity contribution in [3.8, 4) is 10.7 Å². The molecule has 0 spiro atoms. The molecule has 5 nitrogen and oxygen atoms in total. The maximum Gasteiger partial charge on any atom is 0.326 e. The van der Waals surface area contributed by atoms with E-state index in [2.05, 4.69) is 9.97 Å². The molecular weight excluding hydrogens is 286 g/mol. The lowest BCUT2D eigenvalue weighted by molar-refractivity contribution is -0.140. The number of aryl methyl sites for hydroxylation is 1. The second kappa shape index (κ2) is 5.29. The van der Waals surface area contributed by atoms with Gasteiger partial charge in [-0.2, -0.15) is 0 Å². The molecule has 0 fully saturated rings. The molecule has 3 heterocycles. The summed E-state index contributed by atoms with van der Waals surface area (Å²) in [7, 11) is 0. The van der Waals surface area contributed by atoms with E-state index in [1.165, 1.54) is 0 Å². The minimum atomic E-state index is -0.864. The summed E-state index contributed by atoms with van der Waals surface area (Å²) < 4.78 is 1.74. The summed E-state index contributed by atoms with van der Waals surface area (Å²) in [6.45, 7) is 3.81. The summed E-state index contributed by atoms with van der Waals surface area (Å²) >= 11 is 1.55. The molecule has 0 aliphatic rings. The zero-order valence-corrected chi connectivity index (χ0v) is 12.6. The SMILES string of the molecule is CCC(C(=O)O)n1c(-c2cccs2)nc2cc(C)cnc21. The highest BCUT2D eigenvalue weighted by molar-refractivity contribution is 7.13. The van der Waals surface area contributed by atoms with Crippen molar-refractivity contribution in [2.75, 3.05) is 0 Å². The Hall–Kier alpha value is -2.21. The van der Waals surface area contributed by atoms with Gasteiger partial charge in [-0.15, -0.1) is 11.3 Å². The van der Waals surface area contributed by atoms with Crippen LogP contribution in [0.2, 0.25) is 0 Å². The Morgan fingerprint density at radius 3 is 2.95 bits per heavy atom. The Morgan fingerprint density at radius 1 is 1.52 bits per heavy atom. The lowest BCUT2D eigenvalue weighted by atomic mass is 10.2. The Morgan fingerprint density at radius 2 is 2.33 bits per heavy atom. The van der Waals surface area contributed by atoms with Crippen molar-refractivity contribution in [2.24, 2.45) is 0 Å². The van der Waals surface area contributed by atoms with Gasteiger partial charge < -0.3 is 5.11 Å². The monoisotopic (exact) mass is 301 g/mol. The topological polar surface area (TPSA) is 68.0 Å². The van der Waals surface area contributed by atoms with Gasteiger partial charge in [-0.1, -0.05) is 13.0 Å². The molecular formula is C15H15N3O2S. The predicted octanol–water partition coefficient (Wildman–Crippen LogP) is 3.50. The lowest BCUT2D eigenvalue weighted by Crippen LogP contribution is -2.19. The van der Waals surface area contributed by atoms with Crippen LogP contribution in [-0.4, -0.2) is 25.6 Å². The third-order valence-electron chi connectivity index (χ3n) is 3.39. The molecule has 6 heteroatoms. The van der Waals surface area contributed by atoms with Crippen molar-refractivity contribution >= 4 is 28.5 Å². The van der Waals surface area contributed by atoms with Gasteiger partial charge in [-0.25, -0.2) is 14.8 Å². The van der Waals surface area contributed by atoms with Crippen LogP contribution >= 0.6 is 11.3 Å². The Bertz CT molecular complexity index is 793. The Labute approximate surface area is 125 Å². The number of pyridine rings is 1. The summed E-state index contributed by atoms with van der Waals surface area (Å²) in [6.07, 6.45) is 2.22. The van der Waals surface area contributed by atoms with E-state index in [-0.39, 0.29) is 0 Å². The van der Waals surface area contributed by atoms with Crippen molar-refractivity contribution in [3.63, 3.8) is 0 Å². The second-order valence-corrected chi connectivity index (χ2v) is 5.85. The van der Waals surface area contributed by atoms with Crippen LogP contribution in [0.3, 0.4) is 0 Å². The molecule has 0 aliphatic heterocycles. The number of imidazole rings is 1. The molecule has 0 amide bonds. The fourth-order valence-corrected chi connectivity index (χ4v) is 3.14. The van der Waals surface area contributed by atoms with Crippen molar-refractivity contribution < 1.29 is 9.90 Å². The third-order valence-corrected chi connectivity index (χ3v) is 4.26. The van der Waals surface area contributed by atoms with Gasteiger partial charge in [0.25, 0.3) is 0 Å². The first-order chi connectivity index (χ1) is 10.1. The highest BCUT2D eigenvalue weighted by Gasteiger charge is 2.25. The number of rotatable bonds is 4. The van der Waals surface area contributed by atoms with Crippen LogP contribution in [0.1, 0.15) is 24.9 Å². The van der Waals surface area contributed by atoms with Gasteiger partial charge in [-0.3, -0.25) is 4.57 Å². The molecule has 0 saturated carbocycles. The maximum atomic E-state index is 11.6. The standard InChI is InChI=1S/C15H15N3O2S/c1-3-11(15(19)20)18-13-10(7-9(2)8-16-13)17-14(18)12-5-4-6-21-12/h4-8,11H,3H2,1-2H3,(H,19,20). The second-order valence-electron chi connectivity index (χ2n) is 4.90. The molecule has 1 unspecified atom stereocenters. The molecule has 0 aromatic carbocycles. The predicted molar refractivity (Wildman–Crippen MR) is 82.5 cm³/mol. The highest BCUT2D eigenvalue weighted by atomic mass is 32.1. The van der Waals surface area contributed by atoms with Crippen LogP contribution in [-0.2, 0) is 4.79 Å². The molecule has 0 saturated heterocycles. The van der Waals surface area contributed by atoms with Crippen molar-refractivity contribution in [3.05, 3.63) is 35.3 Å². The van der Waals surface area contributed by atoms with Gasteiger partial charge >= 0.3 is 5.97 Å². The number of aliphatic carboxylic acids is 1. The van der Waals surface area contributed by atoms with Gasteiger partial charge in [-0.05, 0) is 36.4 Å². The van der Waals surface area contributed by atoms with E-state index < -0.39 is 12.0 Å². The van der Waals surface area contributed by atoms with Crippen LogP contribution in [0.25, 0.3) is 21.9 Å². The minimum absolute atomic E-state index is 0.481. The molecule has 0 aliphatic carbocycles. The fraction of sp³-hybridized carbons (Fsp3) is 0.267. The molecule has 3 aromatic heterocycles. The van der Waals surface area contributed by atoms with E-state index in [1.54, 1.807) is 22.1 Å². The van der Waals surface area contributed by atoms with Gasteiger partial charge in [0, 0.05) is 6.20 Å². The number of thiophene rings is 1. The highest BCUT2D eigenvalue weighted by Crippen LogP contribution is 2.31. The molecule has 21 heavy (non-hydrogen) atoms. The zero-order chi connectivity index (χ0) is 15.0. The molecule has 1 N–H and O–H groups in total. The number of hydrogen-bond acceptors (Lipinski definition) is 4. The molecule has 1 atom stereocenters. The maximum absolute atomic E-state index is 11.6. The lowest BCUT2D eigenvalue weighted by Gasteiger charge is -2.15. The van der Waals surface area contributed by atoms with Gasteiger partial charge in [0.2, 0.25) is 0 Å². The molecule has 108 valence electrons. The van der Waals surface area contributed by atoms with Gasteiger partial charge in [0.15, 0.2) is 11.5 Å². The number of carboxylic acids is 1. The Kier molecular flexibility index (Phi) is 3.47. The number of fused-ring (bicyclic) bond motifs is 1. The van der Waals surface area contributed by atoms with Crippen LogP contribution in [0.5, 0.6) is 0 Å². The molecule has 3 aromatic rings. The normalized spacial score (nSPS) is 12.7. The van der Waals surface area contributed by atoms with Crippen molar-refractivity contribution in [1.82, 2.24) is 14.5 Å². The van der Waals surface area contributed by atoms with Crippen molar-refractivity contribution in [2.45, 2.75) is 26.3 Å². The van der Waals surface area contributed by atoms with Crippen LogP contribution in [0, 0.1) is 6.92 Å². The van der Waals surface area contributed by atoms with E-state index in [9.17, 15) is 9.90 Å². The first-order valence-electron chi connectivity index (χ1n) is 6.73. The summed E-state index contributed by atoms with van der Waals surface area (Å²) in [5.41, 5.74) is 2.37. The number of aromatic nitrogens is 3. The van der Waals surface area contributed by atoms with Crippen LogP contribution < -0.4 is 0 Å². The van der Waals surface area contributed by atoms with Gasteiger partial charge in [0.05, 0.1) is 4.88 Å². The third kappa shape index (κ3) is 2.31. The van der Waals surface area contributed by atoms with Gasteiger partial charge in [0.1, 0.15) is 11.6 Å². The van der Waals surface area contributed by atoms with Crippen LogP contribution in [0.4, 0.5) is 0 Å². The summed E-state index contributed by atoms with van der Waals surface area (Å²) in [5, 5.41) is 11.5. The largest absolute Gasteiger partial charge is 0.480 e. The average molecular weight is 301 g/mol. The summed E-state index contributed by atoms with van der Waals surface area (Å²) in [5.74, 6) is -0.190. The first kappa shape index (κ1) is 13.8. The number of carboxylic acid groups (broad SMARTS) is 1. The summed E-state index contributed by atoms with van der Waals surface area (Å²) in [6, 6.07) is 5.15. The first-order valence-corrected chi connectivity index (χ1v) is 7.61. The van der Waals surface area contributed by atoms with Crippen molar-refractivity contribution in [1.29, 1.82) is 0 Å². The van der Waals surface area contributed by atoms with Crippen LogP contribution in [0.15, 0.2) is 29.8 Å². The smallest absolute Gasteiger partial charge is 0.326 e. The van der Waals surface area contributed by atoms with E-state index in [1.807, 2.05) is 37.4 Å². The Balaban J connectivity index is 2.32. The van der Waals surface area contributed by atoms with E-state index in [0.717, 1.165) is 16.0 Å². The number of carbonyl (C=O) groups is 1. The quantitative estimate of drug-likeness (QED) is 0.800. The molecule has 0 radical (unpaired) electrons. The van der Waals surface area contributed by atoms with E-state index in [0.29, 0.717) is 17.9 Å². The molecule has 3 rings (SSSR count). The number of hydrogen-bond donors (Lipinski definition) is 1. The minimum Gasteiger partial charge on any atom is -0.480 e. The zero-order valence-electron chi connectivity index (χ0n) is 11.8. The fourth-order valence-electron chi connectivity index (χ4n) is 2.43. The number of nitrogens with zero attached hydrogens (tertiary/aromatic N) is 3.